The molecule has 0 heterocycles. The van der Waals surface area contributed by atoms with E-state index in [1.165, 1.54) is 0 Å². The molecule has 3 heteroatoms. The van der Waals surface area contributed by atoms with Crippen molar-refractivity contribution in [3.8, 4) is 0 Å². The van der Waals surface area contributed by atoms with Gasteiger partial charge < -0.3 is 10.8 Å². The second-order valence-electron chi connectivity index (χ2n) is 3.95. The van der Waals surface area contributed by atoms with E-state index >= 15 is 0 Å². The number of hydrogen-bond donors (Lipinski definition) is 2. The van der Waals surface area contributed by atoms with Crippen molar-refractivity contribution in [3.63, 3.8) is 0 Å². The van der Waals surface area contributed by atoms with Crippen molar-refractivity contribution in [3.05, 3.63) is 35.4 Å². The van der Waals surface area contributed by atoms with E-state index in [4.69, 9.17) is 10.8 Å². The van der Waals surface area contributed by atoms with E-state index in [1.807, 2.05) is 38.1 Å². The van der Waals surface area contributed by atoms with Crippen LogP contribution in [0.5, 0.6) is 0 Å². The predicted octanol–water partition coefficient (Wildman–Crippen LogP) is 2.03. The molecular formula is C12H17NO2. The summed E-state index contributed by atoms with van der Waals surface area (Å²) < 4.78 is 0. The molecule has 0 fully saturated rings. The first-order valence-corrected chi connectivity index (χ1v) is 5.06. The van der Waals surface area contributed by atoms with Gasteiger partial charge in [0.2, 0.25) is 0 Å². The van der Waals surface area contributed by atoms with Gasteiger partial charge in [-0.25, -0.2) is 0 Å². The normalized spacial score (nSPS) is 14.6. The maximum absolute atomic E-state index is 10.7. The van der Waals surface area contributed by atoms with E-state index < -0.39 is 11.5 Å². The monoisotopic (exact) mass is 207 g/mol. The summed E-state index contributed by atoms with van der Waals surface area (Å²) in [7, 11) is 0. The van der Waals surface area contributed by atoms with E-state index in [0.29, 0.717) is 6.42 Å². The molecule has 0 spiro atoms. The van der Waals surface area contributed by atoms with Gasteiger partial charge in [-0.3, -0.25) is 4.79 Å². The number of carbonyl (C=O) groups is 1. The lowest BCUT2D eigenvalue weighted by molar-refractivity contribution is -0.138. The Bertz CT molecular complexity index is 345. The van der Waals surface area contributed by atoms with Gasteiger partial charge in [0.05, 0.1) is 12.0 Å². The number of aliphatic carboxylic acids is 1. The third kappa shape index (κ3) is 2.80. The summed E-state index contributed by atoms with van der Waals surface area (Å²) in [5.74, 6) is -0.861. The SMILES string of the molecule is CC[C@@](N)(CC(=O)O)c1ccc(C)cc1. The van der Waals surface area contributed by atoms with Crippen molar-refractivity contribution in [2.45, 2.75) is 32.2 Å². The highest BCUT2D eigenvalue weighted by atomic mass is 16.4. The van der Waals surface area contributed by atoms with Gasteiger partial charge in [0.1, 0.15) is 0 Å². The van der Waals surface area contributed by atoms with Crippen LogP contribution in [-0.4, -0.2) is 11.1 Å². The average Bonchev–Trinajstić information content (AvgIpc) is 2.17. The highest BCUT2D eigenvalue weighted by molar-refractivity contribution is 5.68. The van der Waals surface area contributed by atoms with Gasteiger partial charge >= 0.3 is 5.97 Å². The second kappa shape index (κ2) is 4.45. The van der Waals surface area contributed by atoms with Crippen LogP contribution in [0.25, 0.3) is 0 Å². The highest BCUT2D eigenvalue weighted by Crippen LogP contribution is 2.26. The third-order valence-corrected chi connectivity index (χ3v) is 2.72. The molecule has 0 amide bonds. The molecule has 15 heavy (non-hydrogen) atoms. The van der Waals surface area contributed by atoms with E-state index in [0.717, 1.165) is 11.1 Å². The minimum absolute atomic E-state index is 0.0352. The summed E-state index contributed by atoms with van der Waals surface area (Å²) in [6.45, 7) is 3.90. The molecule has 0 bridgehead atoms. The van der Waals surface area contributed by atoms with Gasteiger partial charge in [0, 0.05) is 0 Å². The summed E-state index contributed by atoms with van der Waals surface area (Å²) in [6, 6.07) is 7.71. The number of carboxylic acid groups (broad SMARTS) is 1. The van der Waals surface area contributed by atoms with Crippen LogP contribution in [0.3, 0.4) is 0 Å². The summed E-state index contributed by atoms with van der Waals surface area (Å²) in [4.78, 5) is 10.7. The molecular weight excluding hydrogens is 190 g/mol. The molecule has 3 N–H and O–H groups in total. The molecule has 0 unspecified atom stereocenters. The van der Waals surface area contributed by atoms with Crippen molar-refractivity contribution in [1.82, 2.24) is 0 Å². The van der Waals surface area contributed by atoms with Crippen molar-refractivity contribution >= 4 is 5.97 Å². The first-order chi connectivity index (χ1) is 6.98. The Morgan fingerprint density at radius 1 is 1.40 bits per heavy atom. The average molecular weight is 207 g/mol. The fourth-order valence-electron chi connectivity index (χ4n) is 1.59. The molecule has 0 aliphatic carbocycles. The molecule has 1 aromatic carbocycles. The molecule has 1 rings (SSSR count). The number of benzene rings is 1. The van der Waals surface area contributed by atoms with Crippen molar-refractivity contribution in [2.75, 3.05) is 0 Å². The molecule has 0 aliphatic rings. The van der Waals surface area contributed by atoms with Gasteiger partial charge in [0.25, 0.3) is 0 Å². The van der Waals surface area contributed by atoms with E-state index in [1.54, 1.807) is 0 Å². The van der Waals surface area contributed by atoms with Crippen LogP contribution in [0.1, 0.15) is 30.9 Å². The number of nitrogens with two attached hydrogens (primary N) is 1. The zero-order valence-electron chi connectivity index (χ0n) is 9.16. The molecule has 0 saturated carbocycles. The molecule has 0 radical (unpaired) electrons. The Hall–Kier alpha value is -1.35. The van der Waals surface area contributed by atoms with Crippen LogP contribution in [0.15, 0.2) is 24.3 Å². The van der Waals surface area contributed by atoms with Crippen LogP contribution in [-0.2, 0) is 10.3 Å². The first-order valence-electron chi connectivity index (χ1n) is 5.06. The van der Waals surface area contributed by atoms with Gasteiger partial charge in [-0.2, -0.15) is 0 Å². The van der Waals surface area contributed by atoms with Gasteiger partial charge in [-0.15, -0.1) is 0 Å². The zero-order chi connectivity index (χ0) is 11.5. The Kier molecular flexibility index (Phi) is 3.48. The predicted molar refractivity (Wildman–Crippen MR) is 59.6 cm³/mol. The standard InChI is InChI=1S/C12H17NO2/c1-3-12(13,8-11(14)15)10-6-4-9(2)5-7-10/h4-7H,3,8,13H2,1-2H3,(H,14,15)/t12-/m1/s1. The summed E-state index contributed by atoms with van der Waals surface area (Å²) in [5.41, 5.74) is 7.37. The Labute approximate surface area is 89.9 Å². The topological polar surface area (TPSA) is 63.3 Å². The molecule has 3 nitrogen and oxygen atoms in total. The van der Waals surface area contributed by atoms with E-state index in [9.17, 15) is 4.79 Å². The zero-order valence-corrected chi connectivity index (χ0v) is 9.16. The molecule has 82 valence electrons. The van der Waals surface area contributed by atoms with Gasteiger partial charge in [0.15, 0.2) is 0 Å². The maximum Gasteiger partial charge on any atom is 0.305 e. The molecule has 1 atom stereocenters. The minimum atomic E-state index is -0.861. The largest absolute Gasteiger partial charge is 0.481 e. The minimum Gasteiger partial charge on any atom is -0.481 e. The van der Waals surface area contributed by atoms with Gasteiger partial charge in [-0.05, 0) is 18.9 Å². The third-order valence-electron chi connectivity index (χ3n) is 2.72. The summed E-state index contributed by atoms with van der Waals surface area (Å²) >= 11 is 0. The second-order valence-corrected chi connectivity index (χ2v) is 3.95. The summed E-state index contributed by atoms with van der Waals surface area (Å²) in [6.07, 6.45) is 0.578. The van der Waals surface area contributed by atoms with E-state index in [-0.39, 0.29) is 6.42 Å². The Morgan fingerprint density at radius 3 is 2.33 bits per heavy atom. The van der Waals surface area contributed by atoms with E-state index in [2.05, 4.69) is 0 Å². The number of rotatable bonds is 4. The molecule has 0 aromatic heterocycles. The molecule has 0 aliphatic heterocycles. The van der Waals surface area contributed by atoms with Crippen LogP contribution in [0.2, 0.25) is 0 Å². The fourth-order valence-corrected chi connectivity index (χ4v) is 1.59. The van der Waals surface area contributed by atoms with Crippen LogP contribution < -0.4 is 5.73 Å². The number of carboxylic acids is 1. The van der Waals surface area contributed by atoms with Crippen molar-refractivity contribution < 1.29 is 9.90 Å². The van der Waals surface area contributed by atoms with Crippen molar-refractivity contribution in [1.29, 1.82) is 0 Å². The number of aryl methyl sites for hydroxylation is 1. The highest BCUT2D eigenvalue weighted by Gasteiger charge is 2.28. The fraction of sp³-hybridized carbons (Fsp3) is 0.417. The Balaban J connectivity index is 3.00. The maximum atomic E-state index is 10.7. The molecule has 1 aromatic rings. The van der Waals surface area contributed by atoms with Crippen LogP contribution >= 0.6 is 0 Å². The van der Waals surface area contributed by atoms with Gasteiger partial charge in [-0.1, -0.05) is 36.8 Å². The lowest BCUT2D eigenvalue weighted by Crippen LogP contribution is -2.38. The first kappa shape index (κ1) is 11.7. The molecule has 0 saturated heterocycles. The number of hydrogen-bond acceptors (Lipinski definition) is 2. The lowest BCUT2D eigenvalue weighted by Gasteiger charge is -2.27. The Morgan fingerprint density at radius 2 is 1.93 bits per heavy atom. The van der Waals surface area contributed by atoms with Crippen molar-refractivity contribution in [2.24, 2.45) is 5.73 Å². The van der Waals surface area contributed by atoms with Crippen LogP contribution in [0, 0.1) is 6.92 Å². The lowest BCUT2D eigenvalue weighted by atomic mass is 9.85. The quantitative estimate of drug-likeness (QED) is 0.794. The van der Waals surface area contributed by atoms with Crippen LogP contribution in [0.4, 0.5) is 0 Å². The summed E-state index contributed by atoms with van der Waals surface area (Å²) in [5, 5.41) is 8.82. The smallest absolute Gasteiger partial charge is 0.305 e.